The molecule has 4 rings (SSSR count). The van der Waals surface area contributed by atoms with E-state index in [1.165, 1.54) is 0 Å². The fourth-order valence-electron chi connectivity index (χ4n) is 4.35. The number of nitrogens with zero attached hydrogens (tertiary/aromatic N) is 3. The maximum atomic E-state index is 12.8. The highest BCUT2D eigenvalue weighted by atomic mass is 35.5. The summed E-state index contributed by atoms with van der Waals surface area (Å²) in [6, 6.07) is 8.32. The normalized spacial score (nSPS) is 13.4. The molecule has 2 heterocycles. The molecule has 2 aromatic carbocycles. The molecule has 10 heteroatoms. The van der Waals surface area contributed by atoms with Crippen LogP contribution in [0.25, 0.3) is 10.9 Å². The molecule has 0 aliphatic carbocycles. The number of aromatic nitrogens is 1. The molecule has 0 bridgehead atoms. The van der Waals surface area contributed by atoms with Crippen LogP contribution in [0.2, 0.25) is 10.0 Å². The van der Waals surface area contributed by atoms with Crippen LogP contribution in [0.4, 0.5) is 0 Å². The van der Waals surface area contributed by atoms with Gasteiger partial charge in [0.05, 0.1) is 22.6 Å². The van der Waals surface area contributed by atoms with Gasteiger partial charge in [0.25, 0.3) is 5.91 Å². The quantitative estimate of drug-likeness (QED) is 0.278. The van der Waals surface area contributed by atoms with Crippen molar-refractivity contribution in [3.8, 4) is 17.2 Å². The van der Waals surface area contributed by atoms with Gasteiger partial charge in [0.2, 0.25) is 0 Å². The fraction of sp³-hybridized carbons (Fsp3) is 0.355. The predicted octanol–water partition coefficient (Wildman–Crippen LogP) is 6.30. The van der Waals surface area contributed by atoms with E-state index in [1.807, 2.05) is 25.1 Å². The molecule has 1 aliphatic heterocycles. The molecule has 0 saturated carbocycles. The number of carbonyl (C=O) groups excluding carboxylic acids is 2. The van der Waals surface area contributed by atoms with Crippen molar-refractivity contribution in [1.82, 2.24) is 9.88 Å². The van der Waals surface area contributed by atoms with Crippen LogP contribution in [-0.4, -0.2) is 61.1 Å². The summed E-state index contributed by atoms with van der Waals surface area (Å²) < 4.78 is 12.0. The maximum Gasteiger partial charge on any atom is 0.252 e. The van der Waals surface area contributed by atoms with Gasteiger partial charge in [-0.25, -0.2) is 0 Å². The first-order chi connectivity index (χ1) is 19.3. The number of hydrogen-bond donors (Lipinski definition) is 1. The van der Waals surface area contributed by atoms with Gasteiger partial charge in [-0.05, 0) is 49.5 Å². The van der Waals surface area contributed by atoms with E-state index in [1.54, 1.807) is 36.5 Å². The van der Waals surface area contributed by atoms with E-state index >= 15 is 0 Å². The van der Waals surface area contributed by atoms with Gasteiger partial charge in [-0.3, -0.25) is 19.6 Å². The minimum absolute atomic E-state index is 0.0240. The van der Waals surface area contributed by atoms with E-state index in [4.69, 9.17) is 38.4 Å². The number of nitrogens with two attached hydrogens (primary N) is 1. The second-order valence-electron chi connectivity index (χ2n) is 11.3. The molecule has 0 radical (unpaired) electrons. The van der Waals surface area contributed by atoms with E-state index in [9.17, 15) is 9.59 Å². The molecule has 0 atom stereocenters. The number of halogens is 2. The lowest BCUT2D eigenvalue weighted by molar-refractivity contribution is -0.117. The van der Waals surface area contributed by atoms with Gasteiger partial charge >= 0.3 is 0 Å². The first-order valence-corrected chi connectivity index (χ1v) is 14.0. The highest BCUT2D eigenvalue weighted by molar-refractivity contribution is 6.43. The number of ether oxygens (including phenoxy) is 2. The van der Waals surface area contributed by atoms with Crippen molar-refractivity contribution in [2.24, 2.45) is 16.1 Å². The number of ketones is 1. The number of primary amides is 1. The number of aliphatic imine (C=N–C) groups is 1. The zero-order valence-corrected chi connectivity index (χ0v) is 25.4. The number of allylic oxidation sites excluding steroid dienone is 1. The molecule has 1 amide bonds. The Morgan fingerprint density at radius 2 is 1.78 bits per heavy atom. The number of rotatable bonds is 11. The zero-order valence-electron chi connectivity index (χ0n) is 23.9. The van der Waals surface area contributed by atoms with Crippen molar-refractivity contribution >= 4 is 51.5 Å². The molecule has 0 unspecified atom stereocenters. The third kappa shape index (κ3) is 7.44. The topological polar surface area (TPSA) is 107 Å². The van der Waals surface area contributed by atoms with Crippen LogP contribution in [-0.2, 0) is 11.2 Å². The summed E-state index contributed by atoms with van der Waals surface area (Å²) in [5.41, 5.74) is 8.97. The third-order valence-electron chi connectivity index (χ3n) is 6.58. The summed E-state index contributed by atoms with van der Waals surface area (Å²) in [6.45, 7) is 7.88. The Kier molecular flexibility index (Phi) is 9.37. The number of carbonyl (C=O) groups is 2. The standard InChI is InChI=1S/C31H34Cl2N4O4/c1-31(2,3)27-13-18(17-36-27)12-20(38)14-19-6-7-25(29(33)28(19)32)41-24-8-9-35-23-16-26(40-11-10-37(4)5)22(30(34)39)15-21(23)24/h6-9,13,15-16H,10-12,14,17H2,1-5H3,(H2,34,39). The van der Waals surface area contributed by atoms with Gasteiger partial charge in [-0.2, -0.15) is 0 Å². The summed E-state index contributed by atoms with van der Waals surface area (Å²) in [7, 11) is 3.86. The molecule has 216 valence electrons. The maximum absolute atomic E-state index is 12.8. The average molecular weight is 598 g/mol. The number of fused-ring (bicyclic) bond motifs is 1. The summed E-state index contributed by atoms with van der Waals surface area (Å²) in [6.07, 6.45) is 4.05. The second-order valence-corrected chi connectivity index (χ2v) is 12.0. The number of amides is 1. The highest BCUT2D eigenvalue weighted by Gasteiger charge is 2.23. The van der Waals surface area contributed by atoms with Gasteiger partial charge in [0.15, 0.2) is 0 Å². The summed E-state index contributed by atoms with van der Waals surface area (Å²) in [5.74, 6) is 0.444. The van der Waals surface area contributed by atoms with Gasteiger partial charge in [0.1, 0.15) is 34.7 Å². The fourth-order valence-corrected chi connectivity index (χ4v) is 4.80. The largest absolute Gasteiger partial charge is 0.491 e. The minimum atomic E-state index is -0.633. The first kappa shape index (κ1) is 30.5. The molecule has 41 heavy (non-hydrogen) atoms. The smallest absolute Gasteiger partial charge is 0.252 e. The van der Waals surface area contributed by atoms with Gasteiger partial charge in [-0.1, -0.05) is 50.0 Å². The Bertz CT molecular complexity index is 1560. The highest BCUT2D eigenvalue weighted by Crippen LogP contribution is 2.40. The Labute approximate surface area is 250 Å². The van der Waals surface area contributed by atoms with E-state index in [0.29, 0.717) is 59.8 Å². The van der Waals surface area contributed by atoms with Gasteiger partial charge < -0.3 is 20.1 Å². The average Bonchev–Trinajstić information content (AvgIpc) is 3.37. The van der Waals surface area contributed by atoms with Crippen LogP contribution < -0.4 is 15.2 Å². The first-order valence-electron chi connectivity index (χ1n) is 13.2. The molecular formula is C31H34Cl2N4O4. The van der Waals surface area contributed by atoms with Crippen molar-refractivity contribution in [2.75, 3.05) is 33.8 Å². The molecule has 0 spiro atoms. The van der Waals surface area contributed by atoms with E-state index in [-0.39, 0.29) is 33.2 Å². The van der Waals surface area contributed by atoms with Crippen molar-refractivity contribution in [2.45, 2.75) is 33.6 Å². The van der Waals surface area contributed by atoms with E-state index < -0.39 is 5.91 Å². The number of pyridine rings is 1. The Morgan fingerprint density at radius 3 is 2.44 bits per heavy atom. The third-order valence-corrected chi connectivity index (χ3v) is 7.49. The van der Waals surface area contributed by atoms with Crippen LogP contribution in [0.1, 0.15) is 43.1 Å². The number of benzene rings is 2. The lowest BCUT2D eigenvalue weighted by Crippen LogP contribution is -2.21. The molecule has 8 nitrogen and oxygen atoms in total. The van der Waals surface area contributed by atoms with Crippen molar-refractivity contribution in [3.05, 3.63) is 69.3 Å². The van der Waals surface area contributed by atoms with Crippen LogP contribution in [0.15, 0.2) is 53.2 Å². The molecule has 0 fully saturated rings. The lowest BCUT2D eigenvalue weighted by atomic mass is 9.89. The predicted molar refractivity (Wildman–Crippen MR) is 164 cm³/mol. The van der Waals surface area contributed by atoms with Crippen LogP contribution in [0, 0.1) is 5.41 Å². The van der Waals surface area contributed by atoms with Crippen molar-refractivity contribution in [1.29, 1.82) is 0 Å². The Hall–Kier alpha value is -3.46. The SMILES string of the molecule is CN(C)CCOc1cc2nccc(Oc3ccc(CC(=O)CC4=CC(C(C)(C)C)=NC4)c(Cl)c3Cl)c2cc1C(N)=O. The second kappa shape index (κ2) is 12.6. The number of likely N-dealkylation sites (N-methyl/N-ethyl adjacent to an activating group) is 1. The summed E-state index contributed by atoms with van der Waals surface area (Å²) in [4.78, 5) is 36.0. The van der Waals surface area contributed by atoms with Crippen LogP contribution in [0.5, 0.6) is 17.2 Å². The van der Waals surface area contributed by atoms with Crippen molar-refractivity contribution < 1.29 is 19.1 Å². The molecule has 3 aromatic rings. The Morgan fingerprint density at radius 1 is 1.02 bits per heavy atom. The van der Waals surface area contributed by atoms with Gasteiger partial charge in [0, 0.05) is 48.2 Å². The lowest BCUT2D eigenvalue weighted by Gasteiger charge is -2.16. The van der Waals surface area contributed by atoms with Crippen molar-refractivity contribution in [3.63, 3.8) is 0 Å². The van der Waals surface area contributed by atoms with Gasteiger partial charge in [-0.15, -0.1) is 0 Å². The van der Waals surface area contributed by atoms with E-state index in [0.717, 1.165) is 11.3 Å². The minimum Gasteiger partial charge on any atom is -0.491 e. The van der Waals surface area contributed by atoms with Crippen LogP contribution in [0.3, 0.4) is 0 Å². The molecule has 1 aliphatic rings. The summed E-state index contributed by atoms with van der Waals surface area (Å²) in [5, 5.41) is 0.978. The van der Waals surface area contributed by atoms with Crippen LogP contribution >= 0.6 is 23.2 Å². The number of hydrogen-bond acceptors (Lipinski definition) is 7. The zero-order chi connectivity index (χ0) is 29.9. The monoisotopic (exact) mass is 596 g/mol. The van der Waals surface area contributed by atoms with E-state index in [2.05, 4.69) is 30.7 Å². The number of Topliss-reactive ketones (excluding diaryl/α,β-unsaturated/α-hetero) is 1. The Balaban J connectivity index is 1.53. The molecule has 0 saturated heterocycles. The molecular weight excluding hydrogens is 563 g/mol. The summed E-state index contributed by atoms with van der Waals surface area (Å²) >= 11 is 13.2. The molecule has 2 N–H and O–H groups in total. The molecule has 1 aromatic heterocycles.